The highest BCUT2D eigenvalue weighted by Crippen LogP contribution is 2.28. The van der Waals surface area contributed by atoms with Gasteiger partial charge in [-0.1, -0.05) is 11.6 Å². The molecule has 1 aromatic rings. The summed E-state index contributed by atoms with van der Waals surface area (Å²) in [5.74, 6) is -0.159. The van der Waals surface area contributed by atoms with Gasteiger partial charge in [-0.15, -0.1) is 0 Å². The lowest BCUT2D eigenvalue weighted by molar-refractivity contribution is 0.0924. The summed E-state index contributed by atoms with van der Waals surface area (Å²) in [6.45, 7) is 1.21. The van der Waals surface area contributed by atoms with Crippen molar-refractivity contribution in [2.75, 3.05) is 18.0 Å². The summed E-state index contributed by atoms with van der Waals surface area (Å²) in [4.78, 5) is 26.1. The number of rotatable bonds is 3. The van der Waals surface area contributed by atoms with Crippen molar-refractivity contribution in [1.29, 1.82) is 0 Å². The summed E-state index contributed by atoms with van der Waals surface area (Å²) in [5, 5.41) is 9.86. The van der Waals surface area contributed by atoms with Gasteiger partial charge in [-0.3, -0.25) is 9.69 Å². The van der Waals surface area contributed by atoms with Crippen LogP contribution in [0.4, 0.5) is 10.5 Å². The number of carbonyl (C=O) groups is 2. The van der Waals surface area contributed by atoms with Crippen LogP contribution in [-0.2, 0) is 0 Å². The first-order chi connectivity index (χ1) is 11.6. The van der Waals surface area contributed by atoms with Crippen LogP contribution in [0.3, 0.4) is 0 Å². The Hall–Kier alpha value is -1.79. The van der Waals surface area contributed by atoms with Crippen LogP contribution >= 0.6 is 11.6 Å². The molecule has 3 saturated heterocycles. The minimum absolute atomic E-state index is 0.140. The lowest BCUT2D eigenvalue weighted by Gasteiger charge is -2.29. The topological polar surface area (TPSA) is 73.5 Å². The molecule has 3 aliphatic heterocycles. The Bertz CT molecular complexity index is 669. The number of piperidine rings is 1. The molecule has 6 nitrogen and oxygen atoms in total. The number of anilines is 1. The van der Waals surface area contributed by atoms with Gasteiger partial charge in [0.15, 0.2) is 0 Å². The number of nitrogens with zero attached hydrogens (tertiary/aromatic N) is 1. The molecule has 2 unspecified atom stereocenters. The van der Waals surface area contributed by atoms with E-state index in [-0.39, 0.29) is 18.0 Å². The zero-order valence-corrected chi connectivity index (χ0v) is 14.1. The van der Waals surface area contributed by atoms with E-state index in [0.29, 0.717) is 41.4 Å². The van der Waals surface area contributed by atoms with Gasteiger partial charge in [0.2, 0.25) is 0 Å². The van der Waals surface area contributed by atoms with Gasteiger partial charge < -0.3 is 16.0 Å². The molecule has 0 aliphatic carbocycles. The molecule has 0 saturated carbocycles. The molecular weight excluding hydrogens is 328 g/mol. The first-order valence-electron chi connectivity index (χ1n) is 8.52. The number of benzene rings is 1. The molecule has 3 fully saturated rings. The zero-order chi connectivity index (χ0) is 16.7. The summed E-state index contributed by atoms with van der Waals surface area (Å²) in [7, 11) is 0. The molecule has 3 N–H and O–H groups in total. The maximum Gasteiger partial charge on any atom is 0.321 e. The van der Waals surface area contributed by atoms with Crippen LogP contribution in [-0.4, -0.2) is 43.2 Å². The fraction of sp³-hybridized carbons (Fsp3) is 0.529. The minimum atomic E-state index is -0.159. The lowest BCUT2D eigenvalue weighted by atomic mass is 9.99. The molecule has 3 heterocycles. The average molecular weight is 349 g/mol. The lowest BCUT2D eigenvalue weighted by Crippen LogP contribution is -2.48. The van der Waals surface area contributed by atoms with Crippen molar-refractivity contribution in [3.05, 3.63) is 28.8 Å². The predicted molar refractivity (Wildman–Crippen MR) is 92.6 cm³/mol. The largest absolute Gasteiger partial charge is 0.349 e. The number of carbonyl (C=O) groups excluding carboxylic acids is 2. The third kappa shape index (κ3) is 2.96. The van der Waals surface area contributed by atoms with E-state index >= 15 is 0 Å². The molecule has 7 heteroatoms. The Morgan fingerprint density at radius 2 is 2.00 bits per heavy atom. The summed E-state index contributed by atoms with van der Waals surface area (Å²) in [6.07, 6.45) is 4.32. The van der Waals surface area contributed by atoms with Gasteiger partial charge in [0, 0.05) is 36.9 Å². The number of fused-ring (bicyclic) bond motifs is 2. The molecule has 1 aromatic carbocycles. The molecule has 2 bridgehead atoms. The first kappa shape index (κ1) is 15.7. The van der Waals surface area contributed by atoms with Crippen LogP contribution in [0.25, 0.3) is 0 Å². The first-order valence-corrected chi connectivity index (χ1v) is 8.90. The molecule has 0 aromatic heterocycles. The average Bonchev–Trinajstić information content (AvgIpc) is 3.13. The van der Waals surface area contributed by atoms with Crippen LogP contribution in [0.1, 0.15) is 36.0 Å². The zero-order valence-electron chi connectivity index (χ0n) is 13.3. The van der Waals surface area contributed by atoms with E-state index in [0.717, 1.165) is 12.8 Å². The van der Waals surface area contributed by atoms with Gasteiger partial charge in [-0.25, -0.2) is 4.79 Å². The van der Waals surface area contributed by atoms with E-state index in [1.54, 1.807) is 23.1 Å². The second-order valence-electron chi connectivity index (χ2n) is 6.83. The van der Waals surface area contributed by atoms with E-state index in [1.165, 1.54) is 12.8 Å². The molecular formula is C17H21ClN4O2. The van der Waals surface area contributed by atoms with Crippen LogP contribution in [0.2, 0.25) is 5.02 Å². The van der Waals surface area contributed by atoms with Gasteiger partial charge in [-0.05, 0) is 43.9 Å². The summed E-state index contributed by atoms with van der Waals surface area (Å²) in [6, 6.07) is 6.24. The SMILES string of the molecule is O=C(NC1CC2CCC(C1)N2)c1cc(N2CCNC2=O)ccc1Cl. The molecule has 2 atom stereocenters. The smallest absolute Gasteiger partial charge is 0.321 e. The molecule has 0 radical (unpaired) electrons. The van der Waals surface area contributed by atoms with Crippen molar-refractivity contribution in [1.82, 2.24) is 16.0 Å². The number of amides is 3. The highest BCUT2D eigenvalue weighted by molar-refractivity contribution is 6.34. The van der Waals surface area contributed by atoms with Crippen molar-refractivity contribution in [2.45, 2.75) is 43.8 Å². The summed E-state index contributed by atoms with van der Waals surface area (Å²) in [5.41, 5.74) is 1.13. The number of urea groups is 1. The fourth-order valence-electron chi connectivity index (χ4n) is 4.01. The Morgan fingerprint density at radius 3 is 2.67 bits per heavy atom. The molecule has 4 rings (SSSR count). The second-order valence-corrected chi connectivity index (χ2v) is 7.23. The predicted octanol–water partition coefficient (Wildman–Crippen LogP) is 1.88. The Labute approximate surface area is 145 Å². The Balaban J connectivity index is 1.50. The van der Waals surface area contributed by atoms with E-state index in [4.69, 9.17) is 11.6 Å². The third-order valence-corrected chi connectivity index (χ3v) is 5.50. The van der Waals surface area contributed by atoms with Crippen LogP contribution in [0.5, 0.6) is 0 Å². The molecule has 128 valence electrons. The van der Waals surface area contributed by atoms with Gasteiger partial charge in [0.1, 0.15) is 0 Å². The van der Waals surface area contributed by atoms with Crippen molar-refractivity contribution in [3.63, 3.8) is 0 Å². The molecule has 24 heavy (non-hydrogen) atoms. The van der Waals surface area contributed by atoms with E-state index in [9.17, 15) is 9.59 Å². The maximum absolute atomic E-state index is 12.7. The maximum atomic E-state index is 12.7. The van der Waals surface area contributed by atoms with Crippen LogP contribution in [0, 0.1) is 0 Å². The molecule has 0 spiro atoms. The van der Waals surface area contributed by atoms with Gasteiger partial charge >= 0.3 is 6.03 Å². The number of hydrogen-bond acceptors (Lipinski definition) is 3. The summed E-state index contributed by atoms with van der Waals surface area (Å²) >= 11 is 6.23. The third-order valence-electron chi connectivity index (χ3n) is 5.17. The number of nitrogens with one attached hydrogen (secondary N) is 3. The van der Waals surface area contributed by atoms with Gasteiger partial charge in [-0.2, -0.15) is 0 Å². The highest BCUT2D eigenvalue weighted by Gasteiger charge is 2.34. The van der Waals surface area contributed by atoms with Crippen LogP contribution < -0.4 is 20.9 Å². The number of halogens is 1. The van der Waals surface area contributed by atoms with E-state index in [1.807, 2.05) is 0 Å². The Morgan fingerprint density at radius 1 is 1.25 bits per heavy atom. The highest BCUT2D eigenvalue weighted by atomic mass is 35.5. The standard InChI is InChI=1S/C17H21ClN4O2/c18-15-4-3-13(22-6-5-19-17(22)24)9-14(15)16(23)21-12-7-10-1-2-11(8-12)20-10/h3-4,9-12,20H,1-2,5-8H2,(H,19,24)(H,21,23). The molecule has 3 amide bonds. The van der Waals surface area contributed by atoms with Crippen molar-refractivity contribution in [2.24, 2.45) is 0 Å². The normalized spacial score (nSPS) is 28.8. The van der Waals surface area contributed by atoms with Gasteiger partial charge in [0.05, 0.1) is 10.6 Å². The van der Waals surface area contributed by atoms with Crippen LogP contribution in [0.15, 0.2) is 18.2 Å². The fourth-order valence-corrected chi connectivity index (χ4v) is 4.21. The molecule has 3 aliphatic rings. The quantitative estimate of drug-likeness (QED) is 0.781. The summed E-state index contributed by atoms with van der Waals surface area (Å²) < 4.78 is 0. The monoisotopic (exact) mass is 348 g/mol. The van der Waals surface area contributed by atoms with Crippen molar-refractivity contribution < 1.29 is 9.59 Å². The van der Waals surface area contributed by atoms with E-state index < -0.39 is 0 Å². The number of hydrogen-bond donors (Lipinski definition) is 3. The van der Waals surface area contributed by atoms with Gasteiger partial charge in [0.25, 0.3) is 5.91 Å². The van der Waals surface area contributed by atoms with Crippen molar-refractivity contribution in [3.8, 4) is 0 Å². The van der Waals surface area contributed by atoms with Crippen molar-refractivity contribution >= 4 is 29.2 Å². The Kier molecular flexibility index (Phi) is 4.10. The van der Waals surface area contributed by atoms with E-state index in [2.05, 4.69) is 16.0 Å². The minimum Gasteiger partial charge on any atom is -0.349 e. The second kappa shape index (κ2) is 6.26.